The van der Waals surface area contributed by atoms with Gasteiger partial charge < -0.3 is 25.0 Å². The molecule has 0 bridgehead atoms. The van der Waals surface area contributed by atoms with E-state index >= 15 is 0 Å². The highest BCUT2D eigenvalue weighted by Crippen LogP contribution is 2.33. The van der Waals surface area contributed by atoms with E-state index in [4.69, 9.17) is 14.5 Å². The van der Waals surface area contributed by atoms with E-state index in [1.54, 1.807) is 12.3 Å². The summed E-state index contributed by atoms with van der Waals surface area (Å²) in [6.07, 6.45) is 4.38. The number of carbonyl (C=O) groups is 4. The van der Waals surface area contributed by atoms with Gasteiger partial charge in [-0.05, 0) is 62.5 Å². The SMILES string of the molecule is CCCO[C@H](C[C@H](C(C)C)N(CCC)C(=O)[C@@H](CC(=O)[C@H](CC(C)C)NC)[C@@H](C)CC)c1nc(C(=O)N[C@@H](Cc2ccccc2)C[C@H](C)C(=O)OC)cs1. The Kier molecular flexibility index (Phi) is 21.2. The zero-order chi connectivity index (χ0) is 40.4. The number of methoxy groups -OCH3 is 1. The van der Waals surface area contributed by atoms with Crippen molar-refractivity contribution in [1.82, 2.24) is 20.5 Å². The van der Waals surface area contributed by atoms with Crippen LogP contribution in [-0.4, -0.2) is 78.9 Å². The quantitative estimate of drug-likeness (QED) is 0.0921. The number of ether oxygens (including phenoxy) is 2. The number of aromatic nitrogens is 1. The molecule has 1 aromatic heterocycles. The van der Waals surface area contributed by atoms with E-state index in [2.05, 4.69) is 66.0 Å². The lowest BCUT2D eigenvalue weighted by Gasteiger charge is -2.39. The summed E-state index contributed by atoms with van der Waals surface area (Å²) in [5, 5.41) is 8.77. The zero-order valence-corrected chi connectivity index (χ0v) is 35.8. The number of benzene rings is 1. The maximum absolute atomic E-state index is 14.7. The summed E-state index contributed by atoms with van der Waals surface area (Å²) in [7, 11) is 3.19. The lowest BCUT2D eigenvalue weighted by atomic mass is 9.83. The molecule has 0 saturated heterocycles. The van der Waals surface area contributed by atoms with Crippen molar-refractivity contribution in [2.24, 2.45) is 29.6 Å². The molecule has 0 fully saturated rings. The van der Waals surface area contributed by atoms with Crippen LogP contribution in [0.3, 0.4) is 0 Å². The average Bonchev–Trinajstić information content (AvgIpc) is 3.65. The van der Waals surface area contributed by atoms with Gasteiger partial charge in [-0.3, -0.25) is 19.2 Å². The maximum Gasteiger partial charge on any atom is 0.308 e. The van der Waals surface area contributed by atoms with E-state index in [1.165, 1.54) is 18.4 Å². The average molecular weight is 771 g/mol. The molecule has 0 aliphatic carbocycles. The second kappa shape index (κ2) is 24.4. The number of Topliss-reactive ketones (excluding diaryl/α,β-unsaturated/α-hetero) is 1. The van der Waals surface area contributed by atoms with E-state index in [1.807, 2.05) is 42.3 Å². The molecule has 0 aliphatic rings. The number of carbonyl (C=O) groups excluding carboxylic acids is 4. The van der Waals surface area contributed by atoms with Crippen LogP contribution in [0.5, 0.6) is 0 Å². The first-order valence-corrected chi connectivity index (χ1v) is 21.1. The van der Waals surface area contributed by atoms with Crippen molar-refractivity contribution < 1.29 is 28.7 Å². The van der Waals surface area contributed by atoms with Crippen LogP contribution in [0, 0.1) is 29.6 Å². The van der Waals surface area contributed by atoms with Gasteiger partial charge >= 0.3 is 5.97 Å². The van der Waals surface area contributed by atoms with Gasteiger partial charge in [0, 0.05) is 49.4 Å². The molecule has 0 unspecified atom stereocenters. The Hall–Kier alpha value is -3.15. The highest BCUT2D eigenvalue weighted by Gasteiger charge is 2.37. The van der Waals surface area contributed by atoms with E-state index in [0.29, 0.717) is 49.0 Å². The predicted molar refractivity (Wildman–Crippen MR) is 218 cm³/mol. The molecule has 0 aliphatic heterocycles. The van der Waals surface area contributed by atoms with Crippen LogP contribution >= 0.6 is 11.3 Å². The number of hydrogen-bond acceptors (Lipinski definition) is 9. The molecule has 0 spiro atoms. The molecule has 2 rings (SSSR count). The lowest BCUT2D eigenvalue weighted by molar-refractivity contribution is -0.145. The zero-order valence-electron chi connectivity index (χ0n) is 35.0. The normalized spacial score (nSPS) is 15.6. The van der Waals surface area contributed by atoms with Crippen LogP contribution in [-0.2, 0) is 30.3 Å². The van der Waals surface area contributed by atoms with Gasteiger partial charge in [0.05, 0.1) is 19.1 Å². The third kappa shape index (κ3) is 14.8. The predicted octanol–water partition coefficient (Wildman–Crippen LogP) is 8.06. The number of likely N-dealkylation sites (N-methyl/N-ethyl adjacent to an activating group) is 1. The molecule has 10 nitrogen and oxygen atoms in total. The summed E-state index contributed by atoms with van der Waals surface area (Å²) in [6.45, 7) is 19.7. The minimum atomic E-state index is -0.432. The standard InChI is InChI=1S/C43H70N4O6S/c1-12-20-47(42(50)34(30(8)14-3)25-38(48)35(44-10)22-28(4)5)37(29(6)7)26-39(53-21-13-2)41-46-36(27-54-41)40(49)45-33(23-31(9)43(51)52-11)24-32-18-16-15-17-19-32/h15-19,27-31,33-35,37,39,44H,12-14,20-26H2,1-11H3,(H,45,49)/t30-,31-,33+,34-,35-,37+,39+/m0/s1. The van der Waals surface area contributed by atoms with Gasteiger partial charge in [0.25, 0.3) is 5.91 Å². The van der Waals surface area contributed by atoms with Crippen molar-refractivity contribution in [2.45, 2.75) is 138 Å². The molecule has 0 saturated carbocycles. The Labute approximate surface area is 329 Å². The number of amides is 2. The molecule has 54 heavy (non-hydrogen) atoms. The second-order valence-corrected chi connectivity index (χ2v) is 16.6. The van der Waals surface area contributed by atoms with Gasteiger partial charge in [-0.25, -0.2) is 4.98 Å². The number of nitrogens with zero attached hydrogens (tertiary/aromatic N) is 2. The molecule has 2 aromatic rings. The lowest BCUT2D eigenvalue weighted by Crippen LogP contribution is -2.49. The molecule has 304 valence electrons. The number of thiazole rings is 1. The van der Waals surface area contributed by atoms with Crippen molar-refractivity contribution in [2.75, 3.05) is 27.3 Å². The van der Waals surface area contributed by atoms with Crippen LogP contribution in [0.1, 0.15) is 134 Å². The van der Waals surface area contributed by atoms with E-state index in [9.17, 15) is 19.2 Å². The molecule has 11 heteroatoms. The molecule has 2 N–H and O–H groups in total. The second-order valence-electron chi connectivity index (χ2n) is 15.7. The minimum absolute atomic E-state index is 0.0248. The Morgan fingerprint density at radius 3 is 2.17 bits per heavy atom. The largest absolute Gasteiger partial charge is 0.469 e. The molecular weight excluding hydrogens is 701 g/mol. The number of nitrogens with one attached hydrogen (secondary N) is 2. The number of hydrogen-bond donors (Lipinski definition) is 2. The molecule has 1 aromatic carbocycles. The summed E-state index contributed by atoms with van der Waals surface area (Å²) < 4.78 is 11.4. The van der Waals surface area contributed by atoms with Crippen molar-refractivity contribution >= 4 is 34.9 Å². The van der Waals surface area contributed by atoms with Crippen molar-refractivity contribution in [1.29, 1.82) is 0 Å². The first kappa shape index (κ1) is 47.0. The Balaban J connectivity index is 2.40. The fourth-order valence-electron chi connectivity index (χ4n) is 7.04. The highest BCUT2D eigenvalue weighted by molar-refractivity contribution is 7.09. The van der Waals surface area contributed by atoms with Crippen molar-refractivity contribution in [3.8, 4) is 0 Å². The van der Waals surface area contributed by atoms with E-state index in [-0.39, 0.29) is 59.9 Å². The monoisotopic (exact) mass is 771 g/mol. The topological polar surface area (TPSA) is 127 Å². The molecule has 7 atom stereocenters. The van der Waals surface area contributed by atoms with Crippen LogP contribution in [0.2, 0.25) is 0 Å². The van der Waals surface area contributed by atoms with Crippen molar-refractivity contribution in [3.63, 3.8) is 0 Å². The third-order valence-corrected chi connectivity index (χ3v) is 11.3. The molecule has 1 heterocycles. The highest BCUT2D eigenvalue weighted by atomic mass is 32.1. The molecule has 2 amide bonds. The van der Waals surface area contributed by atoms with Crippen LogP contribution < -0.4 is 10.6 Å². The van der Waals surface area contributed by atoms with Gasteiger partial charge in [0.15, 0.2) is 5.78 Å². The summed E-state index contributed by atoms with van der Waals surface area (Å²) in [5.41, 5.74) is 1.34. The minimum Gasteiger partial charge on any atom is -0.469 e. The van der Waals surface area contributed by atoms with Gasteiger partial charge in [0.1, 0.15) is 16.8 Å². The number of ketones is 1. The maximum atomic E-state index is 14.7. The van der Waals surface area contributed by atoms with Gasteiger partial charge in [-0.15, -0.1) is 11.3 Å². The van der Waals surface area contributed by atoms with E-state index in [0.717, 1.165) is 31.2 Å². The van der Waals surface area contributed by atoms with Crippen molar-refractivity contribution in [3.05, 3.63) is 52.0 Å². The summed E-state index contributed by atoms with van der Waals surface area (Å²) >= 11 is 1.38. The molecular formula is C43H70N4O6S. The van der Waals surface area contributed by atoms with Gasteiger partial charge in [-0.2, -0.15) is 0 Å². The van der Waals surface area contributed by atoms with Crippen LogP contribution in [0.4, 0.5) is 0 Å². The van der Waals surface area contributed by atoms with Crippen LogP contribution in [0.15, 0.2) is 35.7 Å². The third-order valence-electron chi connectivity index (χ3n) is 10.3. The summed E-state index contributed by atoms with van der Waals surface area (Å²) in [4.78, 5) is 61.1. The molecule has 0 radical (unpaired) electrons. The number of rotatable bonds is 26. The summed E-state index contributed by atoms with van der Waals surface area (Å²) in [5.74, 6) is -0.839. The van der Waals surface area contributed by atoms with E-state index < -0.39 is 17.9 Å². The first-order valence-electron chi connectivity index (χ1n) is 20.2. The Morgan fingerprint density at radius 1 is 0.926 bits per heavy atom. The Morgan fingerprint density at radius 2 is 1.61 bits per heavy atom. The van der Waals surface area contributed by atoms with Crippen LogP contribution in [0.25, 0.3) is 0 Å². The fraction of sp³-hybridized carbons (Fsp3) is 0.698. The van der Waals surface area contributed by atoms with Gasteiger partial charge in [0.2, 0.25) is 5.91 Å². The number of esters is 1. The fourth-order valence-corrected chi connectivity index (χ4v) is 7.90. The Bertz CT molecular complexity index is 1420. The summed E-state index contributed by atoms with van der Waals surface area (Å²) in [6, 6.07) is 9.10. The smallest absolute Gasteiger partial charge is 0.308 e. The van der Waals surface area contributed by atoms with Gasteiger partial charge in [-0.1, -0.05) is 99.1 Å². The first-order chi connectivity index (χ1) is 25.7.